The Morgan fingerprint density at radius 3 is 2.71 bits per heavy atom. The van der Waals surface area contributed by atoms with Crippen LogP contribution >= 0.6 is 0 Å². The molecule has 1 amide bonds. The molecule has 28 heavy (non-hydrogen) atoms. The predicted octanol–water partition coefficient (Wildman–Crippen LogP) is 2.94. The lowest BCUT2D eigenvalue weighted by Crippen LogP contribution is -2.30. The number of fused-ring (bicyclic) bond motifs is 1. The molecule has 0 bridgehead atoms. The predicted molar refractivity (Wildman–Crippen MR) is 108 cm³/mol. The first-order chi connectivity index (χ1) is 13.3. The molecule has 2 aromatic rings. The minimum atomic E-state index is -3.67. The number of anilines is 1. The van der Waals surface area contributed by atoms with Crippen molar-refractivity contribution in [3.05, 3.63) is 53.6 Å². The van der Waals surface area contributed by atoms with Crippen LogP contribution < -0.4 is 10.0 Å². The second-order valence-corrected chi connectivity index (χ2v) is 8.40. The lowest BCUT2D eigenvalue weighted by molar-refractivity contribution is -0.117. The van der Waals surface area contributed by atoms with E-state index >= 15 is 0 Å². The van der Waals surface area contributed by atoms with Crippen LogP contribution in [0.25, 0.3) is 0 Å². The standard InChI is InChI=1S/C20H23N3O4S/c1-3-4-8-16(20(25)22-15-11-10-13(2)12-17(15)24)21-19-14-7-5-6-9-18(14)28(26,27)23-19/h5-7,9-12,16,24H,3-4,8H2,1-2H3,(H,21,23)(H,22,25). The number of aliphatic imine (C=N–C) groups is 1. The number of sulfonamides is 1. The molecule has 1 heterocycles. The number of phenols is 1. The number of hydrogen-bond acceptors (Lipinski definition) is 5. The van der Waals surface area contributed by atoms with Gasteiger partial charge in [-0.15, -0.1) is 0 Å². The maximum absolute atomic E-state index is 12.8. The van der Waals surface area contributed by atoms with Gasteiger partial charge in [-0.2, -0.15) is 0 Å². The van der Waals surface area contributed by atoms with Crippen molar-refractivity contribution >= 4 is 27.5 Å². The highest BCUT2D eigenvalue weighted by Gasteiger charge is 2.31. The highest BCUT2D eigenvalue weighted by Crippen LogP contribution is 2.26. The van der Waals surface area contributed by atoms with Crippen LogP contribution in [-0.4, -0.2) is 31.3 Å². The molecule has 0 radical (unpaired) electrons. The van der Waals surface area contributed by atoms with Crippen LogP contribution in [0.4, 0.5) is 5.69 Å². The molecule has 0 fully saturated rings. The zero-order valence-electron chi connectivity index (χ0n) is 15.8. The molecule has 0 saturated heterocycles. The molecule has 2 aromatic carbocycles. The van der Waals surface area contributed by atoms with Gasteiger partial charge < -0.3 is 10.4 Å². The summed E-state index contributed by atoms with van der Waals surface area (Å²) in [5.41, 5.74) is 1.62. The number of amidine groups is 1. The Balaban J connectivity index is 1.90. The van der Waals surface area contributed by atoms with Crippen LogP contribution in [0, 0.1) is 6.92 Å². The molecule has 3 rings (SSSR count). The molecule has 8 heteroatoms. The third-order valence-electron chi connectivity index (χ3n) is 4.49. The average molecular weight is 401 g/mol. The SMILES string of the molecule is CCCCC(N=C1NS(=O)(=O)c2ccccc21)C(=O)Nc1ccc(C)cc1O. The third kappa shape index (κ3) is 4.17. The van der Waals surface area contributed by atoms with Crippen molar-refractivity contribution in [3.63, 3.8) is 0 Å². The van der Waals surface area contributed by atoms with Crippen molar-refractivity contribution in [2.24, 2.45) is 4.99 Å². The summed E-state index contributed by atoms with van der Waals surface area (Å²) in [6, 6.07) is 10.7. The summed E-state index contributed by atoms with van der Waals surface area (Å²) < 4.78 is 27.0. The number of aromatic hydroxyl groups is 1. The Bertz CT molecular complexity index is 1030. The number of rotatable bonds is 6. The topological polar surface area (TPSA) is 108 Å². The minimum absolute atomic E-state index is 0.0258. The van der Waals surface area contributed by atoms with E-state index in [0.717, 1.165) is 18.4 Å². The molecule has 1 atom stereocenters. The van der Waals surface area contributed by atoms with E-state index in [2.05, 4.69) is 15.0 Å². The van der Waals surface area contributed by atoms with Gasteiger partial charge in [0, 0.05) is 5.56 Å². The quantitative estimate of drug-likeness (QED) is 0.647. The molecule has 0 aromatic heterocycles. The Kier molecular flexibility index (Phi) is 5.69. The Hall–Kier alpha value is -2.87. The molecule has 1 aliphatic rings. The maximum Gasteiger partial charge on any atom is 0.263 e. The van der Waals surface area contributed by atoms with Crippen LogP contribution in [0.1, 0.15) is 37.3 Å². The highest BCUT2D eigenvalue weighted by molar-refractivity contribution is 7.90. The largest absolute Gasteiger partial charge is 0.506 e. The number of phenolic OH excluding ortho intramolecular Hbond substituents is 1. The van der Waals surface area contributed by atoms with Crippen molar-refractivity contribution in [1.29, 1.82) is 0 Å². The summed E-state index contributed by atoms with van der Waals surface area (Å²) in [5.74, 6) is -0.258. The molecular formula is C20H23N3O4S. The zero-order valence-corrected chi connectivity index (χ0v) is 16.6. The number of benzene rings is 2. The summed E-state index contributed by atoms with van der Waals surface area (Å²) in [4.78, 5) is 17.4. The van der Waals surface area contributed by atoms with Crippen molar-refractivity contribution in [1.82, 2.24) is 4.72 Å². The molecular weight excluding hydrogens is 378 g/mol. The molecule has 0 aliphatic carbocycles. The summed E-state index contributed by atoms with van der Waals surface area (Å²) in [5, 5.41) is 12.7. The molecule has 0 saturated carbocycles. The van der Waals surface area contributed by atoms with Gasteiger partial charge in [-0.3, -0.25) is 14.5 Å². The lowest BCUT2D eigenvalue weighted by atomic mass is 10.1. The van der Waals surface area contributed by atoms with Crippen LogP contribution in [0.5, 0.6) is 5.75 Å². The molecule has 148 valence electrons. The number of carbonyl (C=O) groups excluding carboxylic acids is 1. The van der Waals surface area contributed by atoms with Crippen LogP contribution in [0.15, 0.2) is 52.4 Å². The number of nitrogens with zero attached hydrogens (tertiary/aromatic N) is 1. The highest BCUT2D eigenvalue weighted by atomic mass is 32.2. The van der Waals surface area contributed by atoms with Gasteiger partial charge in [0.25, 0.3) is 10.0 Å². The van der Waals surface area contributed by atoms with Crippen LogP contribution in [0.2, 0.25) is 0 Å². The van der Waals surface area contributed by atoms with Gasteiger partial charge in [-0.25, -0.2) is 8.42 Å². The molecule has 3 N–H and O–H groups in total. The minimum Gasteiger partial charge on any atom is -0.506 e. The Morgan fingerprint density at radius 1 is 1.25 bits per heavy atom. The monoisotopic (exact) mass is 401 g/mol. The van der Waals surface area contributed by atoms with Crippen LogP contribution in [-0.2, 0) is 14.8 Å². The number of unbranched alkanes of at least 4 members (excludes halogenated alkanes) is 1. The van der Waals surface area contributed by atoms with Gasteiger partial charge in [0.05, 0.1) is 10.6 Å². The smallest absolute Gasteiger partial charge is 0.263 e. The second kappa shape index (κ2) is 8.02. The van der Waals surface area contributed by atoms with E-state index < -0.39 is 22.0 Å². The lowest BCUT2D eigenvalue weighted by Gasteiger charge is -2.15. The van der Waals surface area contributed by atoms with Gasteiger partial charge in [0.2, 0.25) is 5.91 Å². The van der Waals surface area contributed by atoms with E-state index in [1.54, 1.807) is 36.4 Å². The van der Waals surface area contributed by atoms with Gasteiger partial charge in [-0.1, -0.05) is 38.0 Å². The first-order valence-corrected chi connectivity index (χ1v) is 10.6. The fourth-order valence-corrected chi connectivity index (χ4v) is 4.24. The van der Waals surface area contributed by atoms with E-state index in [1.165, 1.54) is 6.07 Å². The van der Waals surface area contributed by atoms with Gasteiger partial charge in [-0.05, 0) is 43.2 Å². The average Bonchev–Trinajstić information content (AvgIpc) is 2.91. The number of aryl methyl sites for hydroxylation is 1. The summed E-state index contributed by atoms with van der Waals surface area (Å²) in [7, 11) is -3.67. The maximum atomic E-state index is 12.8. The van der Waals surface area contributed by atoms with E-state index in [4.69, 9.17) is 0 Å². The van der Waals surface area contributed by atoms with Crippen molar-refractivity contribution < 1.29 is 18.3 Å². The molecule has 1 aliphatic heterocycles. The fraction of sp³-hybridized carbons (Fsp3) is 0.300. The number of hydrogen-bond donors (Lipinski definition) is 3. The van der Waals surface area contributed by atoms with Gasteiger partial charge >= 0.3 is 0 Å². The van der Waals surface area contributed by atoms with E-state index in [-0.39, 0.29) is 16.5 Å². The second-order valence-electron chi connectivity index (χ2n) is 6.75. The summed E-state index contributed by atoms with van der Waals surface area (Å²) >= 11 is 0. The van der Waals surface area contributed by atoms with Crippen molar-refractivity contribution in [3.8, 4) is 5.75 Å². The molecule has 7 nitrogen and oxygen atoms in total. The molecule has 0 spiro atoms. The zero-order chi connectivity index (χ0) is 20.3. The van der Waals surface area contributed by atoms with E-state index in [1.807, 2.05) is 13.8 Å². The number of nitrogens with one attached hydrogen (secondary N) is 2. The van der Waals surface area contributed by atoms with Crippen molar-refractivity contribution in [2.45, 2.75) is 44.0 Å². The Morgan fingerprint density at radius 2 is 2.00 bits per heavy atom. The van der Waals surface area contributed by atoms with Gasteiger partial charge in [0.1, 0.15) is 17.6 Å². The normalized spacial score (nSPS) is 17.0. The first kappa shape index (κ1) is 19.9. The first-order valence-electron chi connectivity index (χ1n) is 9.12. The summed E-state index contributed by atoms with van der Waals surface area (Å²) in [6.07, 6.45) is 2.08. The van der Waals surface area contributed by atoms with Gasteiger partial charge in [0.15, 0.2) is 0 Å². The van der Waals surface area contributed by atoms with E-state index in [9.17, 15) is 18.3 Å². The Labute approximate surface area is 164 Å². The number of carbonyl (C=O) groups is 1. The fourth-order valence-electron chi connectivity index (χ4n) is 3.00. The molecule has 1 unspecified atom stereocenters. The number of amides is 1. The van der Waals surface area contributed by atoms with Crippen LogP contribution in [0.3, 0.4) is 0 Å². The van der Waals surface area contributed by atoms with E-state index in [0.29, 0.717) is 17.7 Å². The summed E-state index contributed by atoms with van der Waals surface area (Å²) in [6.45, 7) is 3.84. The third-order valence-corrected chi connectivity index (χ3v) is 5.89. The van der Waals surface area contributed by atoms with Crippen molar-refractivity contribution in [2.75, 3.05) is 5.32 Å².